The lowest BCUT2D eigenvalue weighted by Gasteiger charge is -2.23. The van der Waals surface area contributed by atoms with Crippen molar-refractivity contribution in [3.8, 4) is 0 Å². The van der Waals surface area contributed by atoms with Gasteiger partial charge in [-0.15, -0.1) is 0 Å². The summed E-state index contributed by atoms with van der Waals surface area (Å²) < 4.78 is 18.2. The Kier molecular flexibility index (Phi) is 3.74. The van der Waals surface area contributed by atoms with Crippen molar-refractivity contribution in [3.05, 3.63) is 35.1 Å². The molecule has 0 aromatic heterocycles. The third-order valence-electron chi connectivity index (χ3n) is 3.21. The van der Waals surface area contributed by atoms with Gasteiger partial charge in [-0.05, 0) is 49.5 Å². The fourth-order valence-electron chi connectivity index (χ4n) is 2.22. The first-order chi connectivity index (χ1) is 8.22. The van der Waals surface area contributed by atoms with Crippen molar-refractivity contribution >= 4 is 5.97 Å². The van der Waals surface area contributed by atoms with Crippen molar-refractivity contribution < 1.29 is 13.9 Å². The second kappa shape index (κ2) is 5.27. The van der Waals surface area contributed by atoms with Crippen molar-refractivity contribution in [2.45, 2.75) is 18.8 Å². The first-order valence-electron chi connectivity index (χ1n) is 5.81. The number of halogens is 1. The number of nitrogens with one attached hydrogen (secondary N) is 1. The van der Waals surface area contributed by atoms with E-state index in [1.54, 1.807) is 0 Å². The zero-order valence-electron chi connectivity index (χ0n) is 9.83. The van der Waals surface area contributed by atoms with Gasteiger partial charge in [0.05, 0.1) is 12.7 Å². The molecule has 92 valence electrons. The molecule has 17 heavy (non-hydrogen) atoms. The summed E-state index contributed by atoms with van der Waals surface area (Å²) in [5.41, 5.74) is 0.974. The molecule has 0 bridgehead atoms. The number of hydrogen-bond acceptors (Lipinski definition) is 3. The van der Waals surface area contributed by atoms with E-state index in [1.165, 1.54) is 19.2 Å². The Balaban J connectivity index is 2.20. The van der Waals surface area contributed by atoms with Crippen LogP contribution in [-0.4, -0.2) is 26.2 Å². The average molecular weight is 237 g/mol. The van der Waals surface area contributed by atoms with E-state index in [1.807, 2.05) is 6.07 Å². The largest absolute Gasteiger partial charge is 0.465 e. The van der Waals surface area contributed by atoms with Crippen LogP contribution in [0.15, 0.2) is 18.2 Å². The summed E-state index contributed by atoms with van der Waals surface area (Å²) in [6, 6.07) is 4.80. The number of methoxy groups -OCH3 is 1. The summed E-state index contributed by atoms with van der Waals surface area (Å²) in [6.45, 7) is 1.93. The van der Waals surface area contributed by atoms with E-state index in [4.69, 9.17) is 0 Å². The standard InChI is InChI=1S/C13H16FNO2/c1-17-13(16)11-3-2-10(8-12(11)14)9-4-6-15-7-5-9/h2-3,8-9,15H,4-7H2,1H3. The molecule has 0 radical (unpaired) electrons. The predicted molar refractivity (Wildman–Crippen MR) is 62.6 cm³/mol. The number of benzene rings is 1. The van der Waals surface area contributed by atoms with E-state index in [2.05, 4.69) is 10.1 Å². The molecule has 0 saturated carbocycles. The normalized spacial score (nSPS) is 16.8. The average Bonchev–Trinajstić information content (AvgIpc) is 2.39. The molecule has 1 saturated heterocycles. The fourth-order valence-corrected chi connectivity index (χ4v) is 2.22. The maximum atomic E-state index is 13.7. The SMILES string of the molecule is COC(=O)c1ccc(C2CCNCC2)cc1F. The summed E-state index contributed by atoms with van der Waals surface area (Å²) in [4.78, 5) is 11.2. The molecule has 1 aromatic rings. The minimum atomic E-state index is -0.626. The number of piperidine rings is 1. The highest BCUT2D eigenvalue weighted by atomic mass is 19.1. The van der Waals surface area contributed by atoms with Gasteiger partial charge in [-0.1, -0.05) is 6.07 Å². The van der Waals surface area contributed by atoms with E-state index in [-0.39, 0.29) is 5.56 Å². The zero-order chi connectivity index (χ0) is 12.3. The Morgan fingerprint density at radius 2 is 2.12 bits per heavy atom. The van der Waals surface area contributed by atoms with Crippen LogP contribution in [0.3, 0.4) is 0 Å². The molecule has 0 spiro atoms. The van der Waals surface area contributed by atoms with Crippen LogP contribution in [0.4, 0.5) is 4.39 Å². The van der Waals surface area contributed by atoms with E-state index >= 15 is 0 Å². The molecular formula is C13H16FNO2. The number of rotatable bonds is 2. The van der Waals surface area contributed by atoms with Crippen LogP contribution in [0, 0.1) is 5.82 Å². The van der Waals surface area contributed by atoms with Crippen molar-refractivity contribution in [2.24, 2.45) is 0 Å². The molecule has 1 N–H and O–H groups in total. The van der Waals surface area contributed by atoms with Gasteiger partial charge in [0.15, 0.2) is 0 Å². The van der Waals surface area contributed by atoms with Gasteiger partial charge in [-0.3, -0.25) is 0 Å². The van der Waals surface area contributed by atoms with Crippen molar-refractivity contribution in [1.82, 2.24) is 5.32 Å². The lowest BCUT2D eigenvalue weighted by Crippen LogP contribution is -2.26. The zero-order valence-corrected chi connectivity index (χ0v) is 9.83. The predicted octanol–water partition coefficient (Wildman–Crippen LogP) is 2.08. The highest BCUT2D eigenvalue weighted by Crippen LogP contribution is 2.26. The summed E-state index contributed by atoms with van der Waals surface area (Å²) in [5, 5.41) is 3.27. The van der Waals surface area contributed by atoms with Crippen LogP contribution in [0.25, 0.3) is 0 Å². The number of carbonyl (C=O) groups excluding carboxylic acids is 1. The van der Waals surface area contributed by atoms with Crippen molar-refractivity contribution in [3.63, 3.8) is 0 Å². The Hall–Kier alpha value is -1.42. The van der Waals surface area contributed by atoms with E-state index in [9.17, 15) is 9.18 Å². The number of carbonyl (C=O) groups is 1. The lowest BCUT2D eigenvalue weighted by atomic mass is 9.89. The van der Waals surface area contributed by atoms with Gasteiger partial charge in [0.1, 0.15) is 5.82 Å². The molecule has 2 rings (SSSR count). The van der Waals surface area contributed by atoms with Crippen LogP contribution in [-0.2, 0) is 4.74 Å². The summed E-state index contributed by atoms with van der Waals surface area (Å²) in [6.07, 6.45) is 2.02. The smallest absolute Gasteiger partial charge is 0.340 e. The van der Waals surface area contributed by atoms with E-state index < -0.39 is 11.8 Å². The molecule has 3 nitrogen and oxygen atoms in total. The van der Waals surface area contributed by atoms with Crippen LogP contribution in [0.5, 0.6) is 0 Å². The van der Waals surface area contributed by atoms with E-state index in [0.29, 0.717) is 5.92 Å². The van der Waals surface area contributed by atoms with Crippen LogP contribution in [0.1, 0.15) is 34.7 Å². The molecule has 0 unspecified atom stereocenters. The molecule has 1 fully saturated rings. The van der Waals surface area contributed by atoms with Gasteiger partial charge in [0, 0.05) is 0 Å². The van der Waals surface area contributed by atoms with E-state index in [0.717, 1.165) is 31.5 Å². The second-order valence-corrected chi connectivity index (χ2v) is 4.26. The van der Waals surface area contributed by atoms with Crippen LogP contribution in [0.2, 0.25) is 0 Å². The topological polar surface area (TPSA) is 38.3 Å². The second-order valence-electron chi connectivity index (χ2n) is 4.26. The highest BCUT2D eigenvalue weighted by molar-refractivity contribution is 5.89. The summed E-state index contributed by atoms with van der Waals surface area (Å²) >= 11 is 0. The van der Waals surface area contributed by atoms with Gasteiger partial charge in [0.25, 0.3) is 0 Å². The molecule has 1 aromatic carbocycles. The van der Waals surface area contributed by atoms with Gasteiger partial charge in [0.2, 0.25) is 0 Å². The summed E-state index contributed by atoms with van der Waals surface area (Å²) in [5.74, 6) is -0.732. The first-order valence-corrected chi connectivity index (χ1v) is 5.81. The maximum Gasteiger partial charge on any atom is 0.340 e. The molecule has 0 amide bonds. The quantitative estimate of drug-likeness (QED) is 0.800. The minimum absolute atomic E-state index is 0.00480. The van der Waals surface area contributed by atoms with Gasteiger partial charge in [-0.25, -0.2) is 9.18 Å². The minimum Gasteiger partial charge on any atom is -0.465 e. The molecular weight excluding hydrogens is 221 g/mol. The number of hydrogen-bond donors (Lipinski definition) is 1. The third kappa shape index (κ3) is 2.64. The van der Waals surface area contributed by atoms with Gasteiger partial charge in [-0.2, -0.15) is 0 Å². The van der Waals surface area contributed by atoms with Crippen LogP contribution >= 0.6 is 0 Å². The Bertz CT molecular complexity index is 414. The van der Waals surface area contributed by atoms with Gasteiger partial charge >= 0.3 is 5.97 Å². The molecule has 0 atom stereocenters. The maximum absolute atomic E-state index is 13.7. The fraction of sp³-hybridized carbons (Fsp3) is 0.462. The molecule has 4 heteroatoms. The van der Waals surface area contributed by atoms with Crippen LogP contribution < -0.4 is 5.32 Å². The Labute approximate surface area is 100.0 Å². The molecule has 1 heterocycles. The first kappa shape index (κ1) is 12.0. The van der Waals surface area contributed by atoms with Crippen molar-refractivity contribution in [2.75, 3.05) is 20.2 Å². The number of esters is 1. The lowest BCUT2D eigenvalue weighted by molar-refractivity contribution is 0.0595. The third-order valence-corrected chi connectivity index (χ3v) is 3.21. The monoisotopic (exact) mass is 237 g/mol. The molecule has 0 aliphatic carbocycles. The van der Waals surface area contributed by atoms with Gasteiger partial charge < -0.3 is 10.1 Å². The van der Waals surface area contributed by atoms with Crippen molar-refractivity contribution in [1.29, 1.82) is 0 Å². The Morgan fingerprint density at radius 1 is 1.41 bits per heavy atom. The highest BCUT2D eigenvalue weighted by Gasteiger charge is 2.18. The summed E-state index contributed by atoms with van der Waals surface area (Å²) in [7, 11) is 1.25. The Morgan fingerprint density at radius 3 is 2.71 bits per heavy atom. The molecule has 1 aliphatic rings. The molecule has 1 aliphatic heterocycles. The number of ether oxygens (including phenoxy) is 1.